The molecule has 6 nitrogen and oxygen atoms in total. The van der Waals surface area contributed by atoms with Crippen molar-refractivity contribution in [2.45, 2.75) is 12.8 Å². The molecule has 1 amide bonds. The molecule has 192 valence electrons. The largest absolute Gasteiger partial charge is 0.379 e. The summed E-state index contributed by atoms with van der Waals surface area (Å²) in [6, 6.07) is 25.4. The van der Waals surface area contributed by atoms with Gasteiger partial charge in [-0.1, -0.05) is 60.4 Å². The third-order valence-electron chi connectivity index (χ3n) is 6.70. The molecule has 1 fully saturated rings. The molecule has 0 bridgehead atoms. The number of nitrogens with zero attached hydrogens (tertiary/aromatic N) is 1. The summed E-state index contributed by atoms with van der Waals surface area (Å²) in [5.74, 6) is 6.28. The lowest BCUT2D eigenvalue weighted by atomic mass is 10.0. The number of aromatic nitrogens is 1. The van der Waals surface area contributed by atoms with Crippen molar-refractivity contribution in [2.75, 3.05) is 39.4 Å². The van der Waals surface area contributed by atoms with Gasteiger partial charge in [-0.3, -0.25) is 14.5 Å². The van der Waals surface area contributed by atoms with Crippen LogP contribution in [0.4, 0.5) is 0 Å². The predicted molar refractivity (Wildman–Crippen MR) is 150 cm³/mol. The van der Waals surface area contributed by atoms with Crippen LogP contribution in [-0.4, -0.2) is 55.2 Å². The van der Waals surface area contributed by atoms with Crippen LogP contribution in [0, 0.1) is 11.8 Å². The fraction of sp³-hybridized carbons (Fsp3) is 0.250. The molecule has 1 aliphatic rings. The van der Waals surface area contributed by atoms with E-state index in [4.69, 9.17) is 4.74 Å². The predicted octanol–water partition coefficient (Wildman–Crippen LogP) is 3.78. The molecule has 4 aromatic rings. The van der Waals surface area contributed by atoms with E-state index in [1.807, 2.05) is 66.7 Å². The van der Waals surface area contributed by atoms with Crippen LogP contribution >= 0.6 is 0 Å². The van der Waals surface area contributed by atoms with Gasteiger partial charge in [-0.2, -0.15) is 0 Å². The molecule has 3 aromatic carbocycles. The summed E-state index contributed by atoms with van der Waals surface area (Å²) in [7, 11) is 0. The highest BCUT2D eigenvalue weighted by molar-refractivity contribution is 5.94. The Balaban J connectivity index is 1.19. The highest BCUT2D eigenvalue weighted by Crippen LogP contribution is 2.16. The minimum absolute atomic E-state index is 0.0772. The van der Waals surface area contributed by atoms with Gasteiger partial charge in [0.1, 0.15) is 0 Å². The van der Waals surface area contributed by atoms with Crippen molar-refractivity contribution in [2.24, 2.45) is 0 Å². The number of nitrogens with one attached hydrogen (secondary N) is 2. The molecule has 0 unspecified atom stereocenters. The molecule has 2 heterocycles. The van der Waals surface area contributed by atoms with Crippen LogP contribution in [0.15, 0.2) is 83.7 Å². The molecule has 5 rings (SSSR count). The second kappa shape index (κ2) is 12.4. The third-order valence-corrected chi connectivity index (χ3v) is 6.70. The van der Waals surface area contributed by atoms with E-state index in [2.05, 4.69) is 39.2 Å². The summed E-state index contributed by atoms with van der Waals surface area (Å²) in [5, 5.41) is 4.50. The maximum absolute atomic E-state index is 12.8. The molecule has 2 N–H and O–H groups in total. The van der Waals surface area contributed by atoms with E-state index < -0.39 is 0 Å². The average Bonchev–Trinajstić information content (AvgIpc) is 2.95. The molecular weight excluding hydrogens is 474 g/mol. The van der Waals surface area contributed by atoms with Gasteiger partial charge in [-0.05, 0) is 46.8 Å². The summed E-state index contributed by atoms with van der Waals surface area (Å²) in [4.78, 5) is 30.6. The van der Waals surface area contributed by atoms with E-state index in [0.29, 0.717) is 30.3 Å². The Kier molecular flexibility index (Phi) is 8.29. The van der Waals surface area contributed by atoms with Gasteiger partial charge in [0.15, 0.2) is 0 Å². The number of ether oxygens (including phenoxy) is 1. The molecule has 1 aromatic heterocycles. The highest BCUT2D eigenvalue weighted by atomic mass is 16.5. The molecular formula is C32H31N3O3. The van der Waals surface area contributed by atoms with Crippen LogP contribution in [-0.2, 0) is 17.6 Å². The van der Waals surface area contributed by atoms with Crippen molar-refractivity contribution in [1.29, 1.82) is 0 Å². The molecule has 1 saturated heterocycles. The van der Waals surface area contributed by atoms with E-state index in [0.717, 1.165) is 55.1 Å². The van der Waals surface area contributed by atoms with Gasteiger partial charge in [0, 0.05) is 61.2 Å². The highest BCUT2D eigenvalue weighted by Gasteiger charge is 2.11. The van der Waals surface area contributed by atoms with E-state index in [1.54, 1.807) is 0 Å². The number of benzene rings is 3. The van der Waals surface area contributed by atoms with E-state index in [-0.39, 0.29) is 11.5 Å². The summed E-state index contributed by atoms with van der Waals surface area (Å²) < 4.78 is 5.35. The smallest absolute Gasteiger partial charge is 0.256 e. The number of pyridine rings is 1. The Morgan fingerprint density at radius 1 is 0.947 bits per heavy atom. The van der Waals surface area contributed by atoms with Gasteiger partial charge >= 0.3 is 0 Å². The van der Waals surface area contributed by atoms with Gasteiger partial charge < -0.3 is 15.0 Å². The molecule has 1 aliphatic heterocycles. The number of carbonyl (C=O) groups is 1. The van der Waals surface area contributed by atoms with Crippen LogP contribution in [0.5, 0.6) is 0 Å². The Morgan fingerprint density at radius 2 is 1.74 bits per heavy atom. The van der Waals surface area contributed by atoms with Crippen LogP contribution in [0.25, 0.3) is 10.8 Å². The number of amides is 1. The van der Waals surface area contributed by atoms with Crippen LogP contribution < -0.4 is 10.9 Å². The minimum atomic E-state index is -0.125. The fourth-order valence-electron chi connectivity index (χ4n) is 4.58. The third kappa shape index (κ3) is 6.77. The van der Waals surface area contributed by atoms with E-state index in [9.17, 15) is 9.59 Å². The quantitative estimate of drug-likeness (QED) is 0.375. The van der Waals surface area contributed by atoms with Crippen LogP contribution in [0.3, 0.4) is 0 Å². The van der Waals surface area contributed by atoms with Crippen molar-refractivity contribution < 1.29 is 9.53 Å². The van der Waals surface area contributed by atoms with E-state index >= 15 is 0 Å². The van der Waals surface area contributed by atoms with Gasteiger partial charge in [-0.25, -0.2) is 0 Å². The summed E-state index contributed by atoms with van der Waals surface area (Å²) >= 11 is 0. The maximum Gasteiger partial charge on any atom is 0.256 e. The first-order chi connectivity index (χ1) is 18.6. The Bertz CT molecular complexity index is 1510. The number of aromatic amines is 1. The maximum atomic E-state index is 12.8. The number of hydrogen-bond acceptors (Lipinski definition) is 4. The first kappa shape index (κ1) is 25.5. The van der Waals surface area contributed by atoms with Crippen LogP contribution in [0.1, 0.15) is 32.7 Å². The Hall–Kier alpha value is -4.18. The lowest BCUT2D eigenvalue weighted by Gasteiger charge is -2.26. The van der Waals surface area contributed by atoms with Crippen LogP contribution in [0.2, 0.25) is 0 Å². The van der Waals surface area contributed by atoms with Gasteiger partial charge in [0.25, 0.3) is 11.5 Å². The second-order valence-electron chi connectivity index (χ2n) is 9.47. The van der Waals surface area contributed by atoms with Crippen molar-refractivity contribution >= 4 is 16.7 Å². The average molecular weight is 506 g/mol. The zero-order valence-corrected chi connectivity index (χ0v) is 21.3. The first-order valence-corrected chi connectivity index (χ1v) is 13.0. The second-order valence-corrected chi connectivity index (χ2v) is 9.47. The number of rotatable bonds is 7. The van der Waals surface area contributed by atoms with Gasteiger partial charge in [0.2, 0.25) is 0 Å². The number of carbonyl (C=O) groups excluding carboxylic acids is 1. The molecule has 6 heteroatoms. The monoisotopic (exact) mass is 505 g/mol. The van der Waals surface area contributed by atoms with Crippen molar-refractivity contribution in [3.8, 4) is 11.8 Å². The normalized spacial score (nSPS) is 13.6. The molecule has 0 atom stereocenters. The summed E-state index contributed by atoms with van der Waals surface area (Å²) in [6.45, 7) is 4.76. The molecule has 0 spiro atoms. The number of morpholine rings is 1. The summed E-state index contributed by atoms with van der Waals surface area (Å²) in [5.41, 5.74) is 4.34. The van der Waals surface area contributed by atoms with Gasteiger partial charge in [-0.15, -0.1) is 0 Å². The van der Waals surface area contributed by atoms with E-state index in [1.165, 1.54) is 5.56 Å². The zero-order valence-electron chi connectivity index (χ0n) is 21.3. The van der Waals surface area contributed by atoms with Gasteiger partial charge in [0.05, 0.1) is 13.2 Å². The summed E-state index contributed by atoms with van der Waals surface area (Å²) in [6.07, 6.45) is 1.24. The molecule has 0 aliphatic carbocycles. The van der Waals surface area contributed by atoms with Crippen molar-refractivity contribution in [3.63, 3.8) is 0 Å². The lowest BCUT2D eigenvalue weighted by molar-refractivity contribution is 0.0383. The Labute approximate surface area is 222 Å². The molecule has 38 heavy (non-hydrogen) atoms. The number of fused-ring (bicyclic) bond motifs is 1. The SMILES string of the molecule is O=C(NCCN1CCOCC1)c1ccc(Cc2cc3ccc(C#CCc4ccccc4)cc3c(=O)[nH]2)cc1. The van der Waals surface area contributed by atoms with Crippen molar-refractivity contribution in [3.05, 3.63) is 117 Å². The molecule has 0 saturated carbocycles. The number of H-pyrrole nitrogens is 1. The number of hydrogen-bond donors (Lipinski definition) is 2. The fourth-order valence-corrected chi connectivity index (χ4v) is 4.58. The minimum Gasteiger partial charge on any atom is -0.379 e. The zero-order chi connectivity index (χ0) is 26.2. The lowest BCUT2D eigenvalue weighted by Crippen LogP contribution is -2.41. The topological polar surface area (TPSA) is 74.4 Å². The first-order valence-electron chi connectivity index (χ1n) is 13.0. The standard InChI is InChI=1S/C32H31N3O3/c36-31(33-15-16-35-17-19-38-20-18-35)27-12-9-26(10-13-27)21-29-23-28-14-11-25(22-30(28)32(37)34-29)8-4-7-24-5-2-1-3-6-24/h1-3,5-6,9-14,22-23H,7,15-21H2,(H,33,36)(H,34,37). The molecule has 0 radical (unpaired) electrons. The Morgan fingerprint density at radius 3 is 2.53 bits per heavy atom. The van der Waals surface area contributed by atoms with Crippen molar-refractivity contribution in [1.82, 2.24) is 15.2 Å².